The van der Waals surface area contributed by atoms with Gasteiger partial charge in [-0.05, 0) is 24.6 Å². The number of benzene rings is 1. The van der Waals surface area contributed by atoms with Crippen molar-refractivity contribution in [3.8, 4) is 0 Å². The lowest BCUT2D eigenvalue weighted by molar-refractivity contribution is 0.199. The topological polar surface area (TPSA) is 75.3 Å². The van der Waals surface area contributed by atoms with Crippen LogP contribution < -0.4 is 11.1 Å². The second-order valence-electron chi connectivity index (χ2n) is 2.79. The first-order valence-corrected chi connectivity index (χ1v) is 3.94. The molecular weight excluding hydrogens is 168 g/mol. The van der Waals surface area contributed by atoms with E-state index in [4.69, 9.17) is 5.73 Å². The van der Waals surface area contributed by atoms with Crippen LogP contribution in [0, 0.1) is 0 Å². The summed E-state index contributed by atoms with van der Waals surface area (Å²) in [5, 5.41) is 11.6. The molecule has 0 unspecified atom stereocenters. The van der Waals surface area contributed by atoms with Crippen molar-refractivity contribution in [1.82, 2.24) is 0 Å². The van der Waals surface area contributed by atoms with E-state index in [-0.39, 0.29) is 0 Å². The average Bonchev–Trinajstić information content (AvgIpc) is 2.04. The number of nitrogens with one attached hydrogen (secondary N) is 1. The molecule has 1 aromatic rings. The van der Waals surface area contributed by atoms with Crippen molar-refractivity contribution in [3.63, 3.8) is 0 Å². The van der Waals surface area contributed by atoms with Crippen molar-refractivity contribution in [2.24, 2.45) is 5.73 Å². The number of anilines is 1. The maximum Gasteiger partial charge on any atom is 0.316 e. The minimum absolute atomic E-state index is 0.498. The monoisotopic (exact) mass is 180 g/mol. The Morgan fingerprint density at radius 2 is 2.00 bits per heavy atom. The van der Waals surface area contributed by atoms with Gasteiger partial charge in [0.15, 0.2) is 0 Å². The molecule has 4 N–H and O–H groups in total. The average molecular weight is 180 g/mol. The van der Waals surface area contributed by atoms with Gasteiger partial charge in [-0.15, -0.1) is 0 Å². The number of carbonyl (C=O) groups is 1. The van der Waals surface area contributed by atoms with E-state index in [9.17, 15) is 9.90 Å². The smallest absolute Gasteiger partial charge is 0.316 e. The number of primary amides is 1. The fourth-order valence-corrected chi connectivity index (χ4v) is 0.987. The summed E-state index contributed by atoms with van der Waals surface area (Å²) in [6.07, 6.45) is -0.498. The molecule has 4 nitrogen and oxygen atoms in total. The van der Waals surface area contributed by atoms with Crippen molar-refractivity contribution in [2.75, 3.05) is 5.32 Å². The van der Waals surface area contributed by atoms with Crippen LogP contribution in [0.15, 0.2) is 24.3 Å². The molecule has 0 aliphatic heterocycles. The van der Waals surface area contributed by atoms with Crippen LogP contribution in [0.3, 0.4) is 0 Å². The highest BCUT2D eigenvalue weighted by Crippen LogP contribution is 2.15. The summed E-state index contributed by atoms with van der Waals surface area (Å²) in [4.78, 5) is 10.4. The van der Waals surface area contributed by atoms with Gasteiger partial charge in [-0.25, -0.2) is 4.79 Å². The number of carbonyl (C=O) groups excluding carboxylic acids is 1. The van der Waals surface area contributed by atoms with Gasteiger partial charge in [-0.3, -0.25) is 0 Å². The predicted octanol–water partition coefficient (Wildman–Crippen LogP) is 1.23. The van der Waals surface area contributed by atoms with Crippen LogP contribution in [0.2, 0.25) is 0 Å². The molecule has 2 amide bonds. The molecule has 0 aromatic heterocycles. The SMILES string of the molecule is C[C@@H](O)c1ccc(NC(N)=O)cc1. The summed E-state index contributed by atoms with van der Waals surface area (Å²) in [7, 11) is 0. The van der Waals surface area contributed by atoms with E-state index in [2.05, 4.69) is 5.32 Å². The lowest BCUT2D eigenvalue weighted by Crippen LogP contribution is -2.19. The van der Waals surface area contributed by atoms with Crippen LogP contribution in [-0.4, -0.2) is 11.1 Å². The summed E-state index contributed by atoms with van der Waals surface area (Å²) in [6, 6.07) is 6.25. The molecule has 0 fully saturated rings. The number of urea groups is 1. The highest BCUT2D eigenvalue weighted by atomic mass is 16.3. The summed E-state index contributed by atoms with van der Waals surface area (Å²) in [5.41, 5.74) is 6.35. The Morgan fingerprint density at radius 3 is 2.38 bits per heavy atom. The molecule has 1 atom stereocenters. The Hall–Kier alpha value is -1.55. The normalized spacial score (nSPS) is 12.2. The van der Waals surface area contributed by atoms with Crippen LogP contribution >= 0.6 is 0 Å². The lowest BCUT2D eigenvalue weighted by Gasteiger charge is -2.05. The third-order valence-electron chi connectivity index (χ3n) is 1.66. The molecular formula is C9H12N2O2. The van der Waals surface area contributed by atoms with Crippen LogP contribution in [0.5, 0.6) is 0 Å². The Morgan fingerprint density at radius 1 is 1.46 bits per heavy atom. The van der Waals surface area contributed by atoms with Gasteiger partial charge >= 0.3 is 6.03 Å². The highest BCUT2D eigenvalue weighted by molar-refractivity contribution is 5.87. The first-order valence-electron chi connectivity index (χ1n) is 3.94. The minimum Gasteiger partial charge on any atom is -0.389 e. The number of hydrogen-bond acceptors (Lipinski definition) is 2. The zero-order chi connectivity index (χ0) is 9.84. The largest absolute Gasteiger partial charge is 0.389 e. The van der Waals surface area contributed by atoms with E-state index < -0.39 is 12.1 Å². The fraction of sp³-hybridized carbons (Fsp3) is 0.222. The van der Waals surface area contributed by atoms with Crippen LogP contribution in [0.1, 0.15) is 18.6 Å². The number of aliphatic hydroxyl groups is 1. The number of aliphatic hydroxyl groups excluding tert-OH is 1. The van der Waals surface area contributed by atoms with Gasteiger partial charge < -0.3 is 16.2 Å². The summed E-state index contributed by atoms with van der Waals surface area (Å²) in [5.74, 6) is 0. The minimum atomic E-state index is -0.593. The van der Waals surface area contributed by atoms with Gasteiger partial charge in [0.05, 0.1) is 6.10 Å². The Labute approximate surface area is 76.4 Å². The third kappa shape index (κ3) is 2.76. The molecule has 0 bridgehead atoms. The standard InChI is InChI=1S/C9H12N2O2/c1-6(12)7-2-4-8(5-3-7)11-9(10)13/h2-6,12H,1H3,(H3,10,11,13)/t6-/m1/s1. The molecule has 0 spiro atoms. The molecule has 0 saturated carbocycles. The van der Waals surface area contributed by atoms with E-state index in [1.165, 1.54) is 0 Å². The van der Waals surface area contributed by atoms with Gasteiger partial charge in [0, 0.05) is 5.69 Å². The quantitative estimate of drug-likeness (QED) is 0.640. The van der Waals surface area contributed by atoms with Crippen LogP contribution in [0.4, 0.5) is 10.5 Å². The summed E-state index contributed by atoms with van der Waals surface area (Å²) >= 11 is 0. The molecule has 0 aliphatic carbocycles. The van der Waals surface area contributed by atoms with Gasteiger partial charge in [0.25, 0.3) is 0 Å². The molecule has 1 aromatic carbocycles. The van der Waals surface area contributed by atoms with Gasteiger partial charge in [0.2, 0.25) is 0 Å². The number of hydrogen-bond donors (Lipinski definition) is 3. The Bertz CT molecular complexity index is 293. The second kappa shape index (κ2) is 3.91. The van der Waals surface area contributed by atoms with Gasteiger partial charge in [-0.1, -0.05) is 12.1 Å². The molecule has 0 radical (unpaired) electrons. The van der Waals surface area contributed by atoms with Crippen molar-refractivity contribution < 1.29 is 9.90 Å². The van der Waals surface area contributed by atoms with Crippen LogP contribution in [0.25, 0.3) is 0 Å². The van der Waals surface area contributed by atoms with E-state index in [1.54, 1.807) is 31.2 Å². The lowest BCUT2D eigenvalue weighted by atomic mass is 10.1. The molecule has 0 heterocycles. The molecule has 0 saturated heterocycles. The number of nitrogens with two attached hydrogens (primary N) is 1. The Kier molecular flexibility index (Phi) is 2.87. The van der Waals surface area contributed by atoms with E-state index in [0.717, 1.165) is 5.56 Å². The zero-order valence-corrected chi connectivity index (χ0v) is 7.32. The highest BCUT2D eigenvalue weighted by Gasteiger charge is 2.00. The number of amides is 2. The molecule has 0 aliphatic rings. The van der Waals surface area contributed by atoms with Crippen molar-refractivity contribution in [3.05, 3.63) is 29.8 Å². The van der Waals surface area contributed by atoms with Crippen LogP contribution in [-0.2, 0) is 0 Å². The maximum absolute atomic E-state index is 10.4. The first kappa shape index (κ1) is 9.54. The second-order valence-corrected chi connectivity index (χ2v) is 2.79. The zero-order valence-electron chi connectivity index (χ0n) is 7.32. The fourth-order valence-electron chi connectivity index (χ4n) is 0.987. The maximum atomic E-state index is 10.4. The van der Waals surface area contributed by atoms with Gasteiger partial charge in [-0.2, -0.15) is 0 Å². The first-order chi connectivity index (χ1) is 6.09. The van der Waals surface area contributed by atoms with Gasteiger partial charge in [0.1, 0.15) is 0 Å². The van der Waals surface area contributed by atoms with Crippen molar-refractivity contribution >= 4 is 11.7 Å². The van der Waals surface area contributed by atoms with E-state index in [1.807, 2.05) is 0 Å². The summed E-state index contributed by atoms with van der Waals surface area (Å²) in [6.45, 7) is 1.68. The van der Waals surface area contributed by atoms with Crippen molar-refractivity contribution in [1.29, 1.82) is 0 Å². The molecule has 70 valence electrons. The molecule has 13 heavy (non-hydrogen) atoms. The van der Waals surface area contributed by atoms with E-state index in [0.29, 0.717) is 5.69 Å². The molecule has 1 rings (SSSR count). The molecule has 4 heteroatoms. The third-order valence-corrected chi connectivity index (χ3v) is 1.66. The Balaban J connectivity index is 2.75. The predicted molar refractivity (Wildman–Crippen MR) is 50.3 cm³/mol. The van der Waals surface area contributed by atoms with Crippen molar-refractivity contribution in [2.45, 2.75) is 13.0 Å². The number of rotatable bonds is 2. The van der Waals surface area contributed by atoms with E-state index >= 15 is 0 Å². The summed E-state index contributed by atoms with van der Waals surface area (Å²) < 4.78 is 0.